The van der Waals surface area contributed by atoms with Gasteiger partial charge in [-0.2, -0.15) is 0 Å². The topological polar surface area (TPSA) is 65.2 Å². The first-order valence-electron chi connectivity index (χ1n) is 11.6. The van der Waals surface area contributed by atoms with E-state index in [1.54, 1.807) is 13.0 Å². The molecule has 0 atom stereocenters. The number of carbonyl (C=O) groups excluding carboxylic acids is 2. The number of hydrogen-bond acceptors (Lipinski definition) is 2. The predicted molar refractivity (Wildman–Crippen MR) is 129 cm³/mol. The molecule has 1 aromatic heterocycles. The third-order valence-corrected chi connectivity index (χ3v) is 6.57. The zero-order chi connectivity index (χ0) is 23.8. The fourth-order valence-electron chi connectivity index (χ4n) is 4.30. The van der Waals surface area contributed by atoms with Crippen LogP contribution in [0.4, 0.5) is 4.39 Å². The lowest BCUT2D eigenvalue weighted by Gasteiger charge is -2.31. The highest BCUT2D eigenvalue weighted by atomic mass is 19.1. The molecule has 6 heteroatoms. The monoisotopic (exact) mass is 449 g/mol. The van der Waals surface area contributed by atoms with Crippen molar-refractivity contribution in [3.63, 3.8) is 0 Å². The summed E-state index contributed by atoms with van der Waals surface area (Å²) in [5.41, 5.74) is 4.14. The predicted octanol–water partition coefficient (Wildman–Crippen LogP) is 5.08. The molecule has 3 aromatic rings. The SMILES string of the molecule is Cc1ccc(CNC(=O)C2CCN(C(=O)c3cc4ccc(C(C)(C)C)cc4[nH]3)CC2)cc1F. The zero-order valence-electron chi connectivity index (χ0n) is 19.8. The molecule has 0 spiro atoms. The number of aromatic nitrogens is 1. The number of likely N-dealkylation sites (tertiary alicyclic amines) is 1. The molecule has 5 nitrogen and oxygen atoms in total. The molecule has 2 N–H and O–H groups in total. The van der Waals surface area contributed by atoms with E-state index < -0.39 is 0 Å². The highest BCUT2D eigenvalue weighted by molar-refractivity contribution is 5.98. The minimum absolute atomic E-state index is 0.0301. The number of fused-ring (bicyclic) bond motifs is 1. The lowest BCUT2D eigenvalue weighted by atomic mass is 9.87. The van der Waals surface area contributed by atoms with Crippen LogP contribution >= 0.6 is 0 Å². The maximum absolute atomic E-state index is 13.7. The van der Waals surface area contributed by atoms with Gasteiger partial charge in [0.05, 0.1) is 0 Å². The number of rotatable bonds is 4. The van der Waals surface area contributed by atoms with E-state index >= 15 is 0 Å². The average molecular weight is 450 g/mol. The Morgan fingerprint density at radius 2 is 1.82 bits per heavy atom. The Kier molecular flexibility index (Phi) is 6.28. The van der Waals surface area contributed by atoms with Gasteiger partial charge >= 0.3 is 0 Å². The van der Waals surface area contributed by atoms with Crippen LogP contribution in [0, 0.1) is 18.7 Å². The van der Waals surface area contributed by atoms with E-state index in [1.807, 2.05) is 17.0 Å². The maximum atomic E-state index is 13.7. The maximum Gasteiger partial charge on any atom is 0.270 e. The van der Waals surface area contributed by atoms with E-state index in [2.05, 4.69) is 49.3 Å². The van der Waals surface area contributed by atoms with E-state index in [1.165, 1.54) is 11.6 Å². The van der Waals surface area contributed by atoms with Gasteiger partial charge in [-0.3, -0.25) is 9.59 Å². The quantitative estimate of drug-likeness (QED) is 0.583. The lowest BCUT2D eigenvalue weighted by Crippen LogP contribution is -2.43. The fraction of sp³-hybridized carbons (Fsp3) is 0.407. The van der Waals surface area contributed by atoms with Gasteiger partial charge in [-0.25, -0.2) is 4.39 Å². The molecule has 0 radical (unpaired) electrons. The Morgan fingerprint density at radius 1 is 1.09 bits per heavy atom. The van der Waals surface area contributed by atoms with Crippen LogP contribution in [0.5, 0.6) is 0 Å². The summed E-state index contributed by atoms with van der Waals surface area (Å²) in [6.45, 7) is 9.61. The highest BCUT2D eigenvalue weighted by Crippen LogP contribution is 2.27. The molecular weight excluding hydrogens is 417 g/mol. The Hall–Kier alpha value is -3.15. The largest absolute Gasteiger partial charge is 0.352 e. The summed E-state index contributed by atoms with van der Waals surface area (Å²) in [5.74, 6) is -0.470. The number of aryl methyl sites for hydroxylation is 1. The fourth-order valence-corrected chi connectivity index (χ4v) is 4.30. The van der Waals surface area contributed by atoms with Gasteiger partial charge in [0.1, 0.15) is 11.5 Å². The van der Waals surface area contributed by atoms with Crippen molar-refractivity contribution in [3.8, 4) is 0 Å². The van der Waals surface area contributed by atoms with Crippen LogP contribution in [0.3, 0.4) is 0 Å². The summed E-state index contributed by atoms with van der Waals surface area (Å²) in [4.78, 5) is 30.7. The number of carbonyl (C=O) groups is 2. The summed E-state index contributed by atoms with van der Waals surface area (Å²) in [6, 6.07) is 13.2. The van der Waals surface area contributed by atoms with Crippen molar-refractivity contribution in [1.29, 1.82) is 0 Å². The third kappa shape index (κ3) is 5.10. The van der Waals surface area contributed by atoms with Crippen molar-refractivity contribution < 1.29 is 14.0 Å². The third-order valence-electron chi connectivity index (χ3n) is 6.57. The Morgan fingerprint density at radius 3 is 2.48 bits per heavy atom. The van der Waals surface area contributed by atoms with Gasteiger partial charge in [0.2, 0.25) is 5.91 Å². The van der Waals surface area contributed by atoms with Crippen LogP contribution in [0.25, 0.3) is 10.9 Å². The van der Waals surface area contributed by atoms with E-state index in [0.29, 0.717) is 43.7 Å². The molecule has 0 saturated carbocycles. The summed E-state index contributed by atoms with van der Waals surface area (Å²) in [5, 5.41) is 3.93. The van der Waals surface area contributed by atoms with E-state index in [-0.39, 0.29) is 29.0 Å². The molecule has 2 aromatic carbocycles. The minimum atomic E-state index is -0.264. The van der Waals surface area contributed by atoms with Crippen LogP contribution in [0.1, 0.15) is 60.8 Å². The lowest BCUT2D eigenvalue weighted by molar-refractivity contribution is -0.126. The van der Waals surface area contributed by atoms with Crippen LogP contribution in [0.2, 0.25) is 0 Å². The van der Waals surface area contributed by atoms with Gasteiger partial charge in [-0.15, -0.1) is 0 Å². The molecule has 33 heavy (non-hydrogen) atoms. The van der Waals surface area contributed by atoms with Crippen LogP contribution < -0.4 is 5.32 Å². The first-order chi connectivity index (χ1) is 15.6. The smallest absolute Gasteiger partial charge is 0.270 e. The molecule has 2 amide bonds. The second-order valence-electron chi connectivity index (χ2n) is 10.1. The molecule has 1 aliphatic heterocycles. The summed E-state index contributed by atoms with van der Waals surface area (Å²) in [7, 11) is 0. The van der Waals surface area contributed by atoms with E-state index in [9.17, 15) is 14.0 Å². The molecule has 0 aliphatic carbocycles. The second-order valence-corrected chi connectivity index (χ2v) is 10.1. The highest BCUT2D eigenvalue weighted by Gasteiger charge is 2.28. The first-order valence-corrected chi connectivity index (χ1v) is 11.6. The van der Waals surface area contributed by atoms with Gasteiger partial charge in [-0.05, 0) is 60.1 Å². The minimum Gasteiger partial charge on any atom is -0.352 e. The van der Waals surface area contributed by atoms with Gasteiger partial charge < -0.3 is 15.2 Å². The van der Waals surface area contributed by atoms with Gasteiger partial charge in [-0.1, -0.05) is 45.0 Å². The molecule has 174 valence electrons. The number of halogens is 1. The van der Waals surface area contributed by atoms with E-state index in [0.717, 1.165) is 16.5 Å². The number of amides is 2. The Balaban J connectivity index is 1.33. The van der Waals surface area contributed by atoms with Crippen molar-refractivity contribution in [3.05, 3.63) is 70.7 Å². The summed E-state index contributed by atoms with van der Waals surface area (Å²) < 4.78 is 13.7. The number of aromatic amines is 1. The number of piperidine rings is 1. The van der Waals surface area contributed by atoms with Crippen molar-refractivity contribution in [2.24, 2.45) is 5.92 Å². The molecular formula is C27H32FN3O2. The second kappa shape index (κ2) is 9.00. The zero-order valence-corrected chi connectivity index (χ0v) is 19.8. The van der Waals surface area contributed by atoms with Gasteiger partial charge in [0, 0.05) is 36.5 Å². The number of benzene rings is 2. The number of nitrogens with zero attached hydrogens (tertiary/aromatic N) is 1. The average Bonchev–Trinajstić information content (AvgIpc) is 3.22. The van der Waals surface area contributed by atoms with Crippen LogP contribution in [-0.2, 0) is 16.8 Å². The molecule has 4 rings (SSSR count). The molecule has 1 aliphatic rings. The molecule has 1 fully saturated rings. The molecule has 0 bridgehead atoms. The standard InChI is InChI=1S/C27H32FN3O2/c1-17-5-6-18(13-22(17)28)16-29-25(32)19-9-11-31(12-10-19)26(33)24-14-20-7-8-21(27(2,3)4)15-23(20)30-24/h5-8,13-15,19,30H,9-12,16H2,1-4H3,(H,29,32). The molecule has 1 saturated heterocycles. The van der Waals surface area contributed by atoms with Gasteiger partial charge in [0.25, 0.3) is 5.91 Å². The molecule has 0 unspecified atom stereocenters. The number of H-pyrrole nitrogens is 1. The van der Waals surface area contributed by atoms with Gasteiger partial charge in [0.15, 0.2) is 0 Å². The van der Waals surface area contributed by atoms with Crippen molar-refractivity contribution in [2.75, 3.05) is 13.1 Å². The van der Waals surface area contributed by atoms with Crippen LogP contribution in [-0.4, -0.2) is 34.8 Å². The summed E-state index contributed by atoms with van der Waals surface area (Å²) >= 11 is 0. The van der Waals surface area contributed by atoms with Crippen molar-refractivity contribution >= 4 is 22.7 Å². The Labute approximate surface area is 194 Å². The van der Waals surface area contributed by atoms with Crippen LogP contribution in [0.15, 0.2) is 42.5 Å². The number of hydrogen-bond donors (Lipinski definition) is 2. The van der Waals surface area contributed by atoms with Crippen molar-refractivity contribution in [1.82, 2.24) is 15.2 Å². The first kappa shape index (κ1) is 23.0. The Bertz CT molecular complexity index is 1180. The van der Waals surface area contributed by atoms with Crippen molar-refractivity contribution in [2.45, 2.75) is 52.5 Å². The number of nitrogens with one attached hydrogen (secondary N) is 2. The molecule has 2 heterocycles. The normalized spacial score (nSPS) is 15.1. The summed E-state index contributed by atoms with van der Waals surface area (Å²) in [6.07, 6.45) is 1.24. The van der Waals surface area contributed by atoms with E-state index in [4.69, 9.17) is 0 Å².